The van der Waals surface area contributed by atoms with E-state index in [0.29, 0.717) is 48.1 Å². The topological polar surface area (TPSA) is 78.6 Å². The molecule has 0 radical (unpaired) electrons. The summed E-state index contributed by atoms with van der Waals surface area (Å²) < 4.78 is 13.5. The minimum Gasteiger partial charge on any atom is -0.449 e. The van der Waals surface area contributed by atoms with E-state index in [4.69, 9.17) is 15.2 Å². The number of benzene rings is 1. The Morgan fingerprint density at radius 3 is 2.71 bits per heavy atom. The lowest BCUT2D eigenvalue weighted by Crippen LogP contribution is -2.75. The van der Waals surface area contributed by atoms with Crippen LogP contribution in [0.4, 0.5) is 0 Å². The summed E-state index contributed by atoms with van der Waals surface area (Å²) in [4.78, 5) is 28.8. The fraction of sp³-hybridized carbons (Fsp3) is 0.591. The molecule has 9 rings (SSSR count). The van der Waals surface area contributed by atoms with Crippen LogP contribution >= 0.6 is 0 Å². The van der Waals surface area contributed by atoms with Crippen molar-refractivity contribution in [2.75, 3.05) is 6.54 Å². The molecule has 2 bridgehead atoms. The van der Waals surface area contributed by atoms with Crippen LogP contribution in [0.1, 0.15) is 111 Å². The predicted octanol–water partition coefficient (Wildman–Crippen LogP) is 8.50. The van der Waals surface area contributed by atoms with Gasteiger partial charge in [0.2, 0.25) is 0 Å². The minimum atomic E-state index is -0.954. The van der Waals surface area contributed by atoms with Gasteiger partial charge in [0, 0.05) is 23.8 Å². The highest BCUT2D eigenvalue weighted by atomic mass is 16.6. The Labute approximate surface area is 291 Å². The van der Waals surface area contributed by atoms with Crippen LogP contribution in [-0.2, 0) is 26.3 Å². The molecule has 1 aromatic carbocycles. The van der Waals surface area contributed by atoms with Gasteiger partial charge < -0.3 is 15.2 Å². The van der Waals surface area contributed by atoms with E-state index in [0.717, 1.165) is 61.8 Å². The number of hydrogen-bond donors (Lipinski definition) is 1. The van der Waals surface area contributed by atoms with E-state index in [1.807, 2.05) is 0 Å². The molecule has 3 saturated carbocycles. The fourth-order valence-corrected chi connectivity index (χ4v) is 12.3. The van der Waals surface area contributed by atoms with Crippen LogP contribution in [0.3, 0.4) is 0 Å². The van der Waals surface area contributed by atoms with E-state index in [2.05, 4.69) is 72.6 Å². The van der Waals surface area contributed by atoms with Crippen molar-refractivity contribution in [3.63, 3.8) is 0 Å². The summed E-state index contributed by atoms with van der Waals surface area (Å²) in [6, 6.07) is 6.26. The van der Waals surface area contributed by atoms with Crippen molar-refractivity contribution in [1.29, 1.82) is 0 Å². The number of fused-ring (bicyclic) bond motifs is 4. The summed E-state index contributed by atoms with van der Waals surface area (Å²) in [7, 11) is 0. The monoisotopic (exact) mass is 657 g/mol. The SMILES string of the molecule is NCCCc1cccc2c1C(=O)OC21C(CCC2CCCC2)C23C=CC4C#CCC(CC5CCCC6C=CC=CC65)CC=C(OC2=O)C31C4. The molecule has 9 unspecified atom stereocenters. The second kappa shape index (κ2) is 12.2. The van der Waals surface area contributed by atoms with Crippen LogP contribution in [0.2, 0.25) is 0 Å². The number of aryl methyl sites for hydroxylation is 1. The Kier molecular flexibility index (Phi) is 7.84. The molecule has 6 aliphatic carbocycles. The second-order valence-electron chi connectivity index (χ2n) is 16.6. The summed E-state index contributed by atoms with van der Waals surface area (Å²) in [5.41, 5.74) is 6.00. The van der Waals surface area contributed by atoms with E-state index in [9.17, 15) is 9.59 Å². The van der Waals surface area contributed by atoms with E-state index < -0.39 is 16.4 Å². The molecule has 0 amide bonds. The number of carbonyl (C=O) groups is 2. The smallest absolute Gasteiger partial charge is 0.339 e. The van der Waals surface area contributed by atoms with Crippen LogP contribution < -0.4 is 5.73 Å². The summed E-state index contributed by atoms with van der Waals surface area (Å²) in [6.07, 6.45) is 31.7. The van der Waals surface area contributed by atoms with Gasteiger partial charge in [0.15, 0.2) is 5.60 Å². The van der Waals surface area contributed by atoms with Gasteiger partial charge in [-0.3, -0.25) is 4.79 Å². The molecule has 1 saturated heterocycles. The second-order valence-corrected chi connectivity index (χ2v) is 16.6. The van der Waals surface area contributed by atoms with E-state index >= 15 is 0 Å². The van der Waals surface area contributed by atoms with Crippen LogP contribution in [0.25, 0.3) is 0 Å². The first kappa shape index (κ1) is 31.6. The lowest BCUT2D eigenvalue weighted by atomic mass is 9.31. The Balaban J connectivity index is 1.14. The molecule has 5 nitrogen and oxygen atoms in total. The molecule has 1 aromatic rings. The van der Waals surface area contributed by atoms with Gasteiger partial charge >= 0.3 is 11.9 Å². The standard InChI is InChI=1S/C44H51NO4/c45-26-8-17-33-15-7-19-36-39(33)40(46)49-44(36)37(22-20-29-9-1-2-10-29)42-25-24-31-12-5-11-30(21-23-38(48-41(42)47)43(42,44)28-31)27-34-16-6-14-32-13-3-4-18-35(32)34/h3-4,7,13,15,18-19,23-25,29-32,34-35,37H,1-2,6,8-11,14,16-17,20-22,26-28,45H2. The zero-order chi connectivity index (χ0) is 33.2. The number of rotatable bonds is 8. The number of allylic oxidation sites excluding steroid dienone is 6. The van der Waals surface area contributed by atoms with Gasteiger partial charge in [-0.25, -0.2) is 4.79 Å². The summed E-state index contributed by atoms with van der Waals surface area (Å²) in [5.74, 6) is 10.4. The highest BCUT2D eigenvalue weighted by Crippen LogP contribution is 2.84. The van der Waals surface area contributed by atoms with Crippen molar-refractivity contribution in [3.8, 4) is 11.8 Å². The Bertz CT molecular complexity index is 1720. The van der Waals surface area contributed by atoms with Crippen molar-refractivity contribution in [1.82, 2.24) is 0 Å². The number of nitrogens with two attached hydrogens (primary N) is 1. The average Bonchev–Trinajstić information content (AvgIpc) is 3.81. The minimum absolute atomic E-state index is 0.0360. The third-order valence-electron chi connectivity index (χ3n) is 14.4. The lowest BCUT2D eigenvalue weighted by Gasteiger charge is -2.69. The van der Waals surface area contributed by atoms with Crippen molar-refractivity contribution < 1.29 is 19.1 Å². The van der Waals surface area contributed by atoms with Crippen molar-refractivity contribution >= 4 is 11.9 Å². The Morgan fingerprint density at radius 1 is 0.959 bits per heavy atom. The predicted molar refractivity (Wildman–Crippen MR) is 190 cm³/mol. The third-order valence-corrected chi connectivity index (χ3v) is 14.4. The molecular formula is C44H51NO4. The van der Waals surface area contributed by atoms with Gasteiger partial charge in [0.1, 0.15) is 11.2 Å². The van der Waals surface area contributed by atoms with Crippen LogP contribution in [-0.4, -0.2) is 18.5 Å². The van der Waals surface area contributed by atoms with Gasteiger partial charge in [-0.1, -0.05) is 92.7 Å². The first-order valence-electron chi connectivity index (χ1n) is 19.5. The maximum absolute atomic E-state index is 14.6. The molecule has 9 atom stereocenters. The Hall–Kier alpha value is -3.36. The molecule has 256 valence electrons. The highest BCUT2D eigenvalue weighted by Gasteiger charge is 2.91. The quantitative estimate of drug-likeness (QED) is 0.172. The molecule has 8 aliphatic rings. The van der Waals surface area contributed by atoms with Gasteiger partial charge in [-0.15, -0.1) is 5.92 Å². The number of esters is 2. The van der Waals surface area contributed by atoms with Crippen molar-refractivity contribution in [3.05, 3.63) is 83.2 Å². The summed E-state index contributed by atoms with van der Waals surface area (Å²) in [6.45, 7) is 0.567. The normalized spacial score (nSPS) is 39.7. The van der Waals surface area contributed by atoms with Crippen LogP contribution in [0.5, 0.6) is 0 Å². The first-order chi connectivity index (χ1) is 24.0. The number of carbonyl (C=O) groups excluding carboxylic acids is 2. The highest BCUT2D eigenvalue weighted by molar-refractivity contribution is 5.99. The number of ether oxygens (including phenoxy) is 2. The van der Waals surface area contributed by atoms with Crippen molar-refractivity contribution in [2.45, 2.75) is 102 Å². The zero-order valence-corrected chi connectivity index (χ0v) is 28.8. The van der Waals surface area contributed by atoms with Gasteiger partial charge in [0.25, 0.3) is 0 Å². The molecule has 2 heterocycles. The largest absolute Gasteiger partial charge is 0.449 e. The lowest BCUT2D eigenvalue weighted by molar-refractivity contribution is -0.273. The summed E-state index contributed by atoms with van der Waals surface area (Å²) >= 11 is 0. The van der Waals surface area contributed by atoms with E-state index in [1.54, 1.807) is 0 Å². The molecule has 2 aliphatic heterocycles. The number of hydrogen-bond acceptors (Lipinski definition) is 5. The average molecular weight is 658 g/mol. The summed E-state index contributed by atoms with van der Waals surface area (Å²) in [5, 5.41) is 0. The molecule has 2 N–H and O–H groups in total. The maximum atomic E-state index is 14.6. The molecule has 4 fully saturated rings. The zero-order valence-electron chi connectivity index (χ0n) is 28.8. The van der Waals surface area contributed by atoms with E-state index in [-0.39, 0.29) is 23.8 Å². The maximum Gasteiger partial charge on any atom is 0.339 e. The van der Waals surface area contributed by atoms with Gasteiger partial charge in [-0.2, -0.15) is 0 Å². The van der Waals surface area contributed by atoms with Crippen LogP contribution in [0, 0.1) is 64.1 Å². The molecule has 49 heavy (non-hydrogen) atoms. The van der Waals surface area contributed by atoms with Gasteiger partial charge in [0.05, 0.1) is 11.0 Å². The van der Waals surface area contributed by atoms with Gasteiger partial charge in [-0.05, 0) is 106 Å². The molecule has 2 spiro atoms. The Morgan fingerprint density at radius 2 is 1.84 bits per heavy atom. The molecule has 0 aromatic heterocycles. The van der Waals surface area contributed by atoms with Crippen molar-refractivity contribution in [2.24, 2.45) is 58.0 Å². The first-order valence-corrected chi connectivity index (χ1v) is 19.5. The van der Waals surface area contributed by atoms with Crippen LogP contribution in [0.15, 0.2) is 66.5 Å². The molecule has 5 heteroatoms. The van der Waals surface area contributed by atoms with E-state index in [1.165, 1.54) is 44.9 Å². The molecular weight excluding hydrogens is 606 g/mol. The third kappa shape index (κ3) is 4.48. The fourth-order valence-electron chi connectivity index (χ4n) is 12.3.